The minimum Gasteiger partial charge on any atom is -0.398 e. The smallest absolute Gasteiger partial charge is 0.231 e. The van der Waals surface area contributed by atoms with Crippen LogP contribution in [0.1, 0.15) is 12.5 Å². The topological polar surface area (TPSA) is 72.3 Å². The molecule has 4 nitrogen and oxygen atoms in total. The third-order valence-corrected chi connectivity index (χ3v) is 2.36. The summed E-state index contributed by atoms with van der Waals surface area (Å²) >= 11 is 0. The van der Waals surface area contributed by atoms with Crippen LogP contribution in [-0.4, -0.2) is 23.9 Å². The monoisotopic (exact) mass is 225 g/mol. The van der Waals surface area contributed by atoms with Gasteiger partial charge in [-0.2, -0.15) is 0 Å². The van der Waals surface area contributed by atoms with E-state index in [1.165, 1.54) is 6.07 Å². The van der Waals surface area contributed by atoms with Crippen LogP contribution in [0.2, 0.25) is 0 Å². The molecule has 16 heavy (non-hydrogen) atoms. The highest BCUT2D eigenvalue weighted by Crippen LogP contribution is 2.17. The summed E-state index contributed by atoms with van der Waals surface area (Å²) in [5, 5.41) is 0. The molecule has 0 bridgehead atoms. The summed E-state index contributed by atoms with van der Waals surface area (Å²) in [6.45, 7) is 2.87. The maximum absolute atomic E-state index is 13.5. The lowest BCUT2D eigenvalue weighted by atomic mass is 10.1. The first-order valence-electron chi connectivity index (χ1n) is 5.08. The number of rotatable bonds is 5. The van der Waals surface area contributed by atoms with Crippen molar-refractivity contribution in [2.24, 2.45) is 5.73 Å². The predicted molar refractivity (Wildman–Crippen MR) is 61.0 cm³/mol. The Morgan fingerprint density at radius 2 is 2.19 bits per heavy atom. The third-order valence-electron chi connectivity index (χ3n) is 2.36. The van der Waals surface area contributed by atoms with Crippen molar-refractivity contribution in [2.45, 2.75) is 13.5 Å². The first kappa shape index (κ1) is 12.4. The van der Waals surface area contributed by atoms with Crippen LogP contribution < -0.4 is 11.5 Å². The van der Waals surface area contributed by atoms with Crippen LogP contribution in [0.4, 0.5) is 10.1 Å². The van der Waals surface area contributed by atoms with Crippen LogP contribution in [-0.2, 0) is 11.3 Å². The Hall–Kier alpha value is -1.62. The fourth-order valence-electron chi connectivity index (χ4n) is 1.47. The van der Waals surface area contributed by atoms with Crippen LogP contribution >= 0.6 is 0 Å². The first-order chi connectivity index (χ1) is 7.54. The number of hydrogen-bond acceptors (Lipinski definition) is 3. The van der Waals surface area contributed by atoms with Crippen molar-refractivity contribution < 1.29 is 9.18 Å². The molecule has 4 N–H and O–H groups in total. The number of benzene rings is 1. The number of hydrogen-bond donors (Lipinski definition) is 2. The number of carbonyl (C=O) groups excluding carboxylic acids is 1. The van der Waals surface area contributed by atoms with Gasteiger partial charge >= 0.3 is 0 Å². The van der Waals surface area contributed by atoms with Gasteiger partial charge < -0.3 is 11.5 Å². The number of likely N-dealkylation sites (N-methyl/N-ethyl adjacent to an activating group) is 1. The minimum atomic E-state index is -0.434. The van der Waals surface area contributed by atoms with Gasteiger partial charge in [-0.05, 0) is 18.7 Å². The number of nitrogens with two attached hydrogens (primary N) is 2. The van der Waals surface area contributed by atoms with E-state index < -0.39 is 5.91 Å². The molecule has 1 rings (SSSR count). The fraction of sp³-hybridized carbons (Fsp3) is 0.364. The molecule has 0 radical (unpaired) electrons. The standard InChI is InChI=1S/C11H16FN3O/c1-2-15(7-11(14)16)6-8-9(12)4-3-5-10(8)13/h3-5H,2,6-7,13H2,1H3,(H2,14,16). The number of halogens is 1. The second-order valence-corrected chi connectivity index (χ2v) is 3.58. The van der Waals surface area contributed by atoms with E-state index in [2.05, 4.69) is 0 Å². The summed E-state index contributed by atoms with van der Waals surface area (Å²) in [7, 11) is 0. The molecule has 88 valence electrons. The molecule has 0 fully saturated rings. The second-order valence-electron chi connectivity index (χ2n) is 3.58. The lowest BCUT2D eigenvalue weighted by Crippen LogP contribution is -2.33. The molecule has 0 atom stereocenters. The van der Waals surface area contributed by atoms with E-state index in [1.54, 1.807) is 17.0 Å². The molecule has 0 aliphatic carbocycles. The average molecular weight is 225 g/mol. The molecule has 0 heterocycles. The molecule has 1 amide bonds. The number of anilines is 1. The van der Waals surface area contributed by atoms with E-state index >= 15 is 0 Å². The lowest BCUT2D eigenvalue weighted by molar-refractivity contribution is -0.119. The highest BCUT2D eigenvalue weighted by atomic mass is 19.1. The van der Waals surface area contributed by atoms with E-state index in [0.717, 1.165) is 0 Å². The molecule has 0 aromatic heterocycles. The zero-order valence-electron chi connectivity index (χ0n) is 9.24. The maximum Gasteiger partial charge on any atom is 0.231 e. The molecular formula is C11H16FN3O. The maximum atomic E-state index is 13.5. The largest absolute Gasteiger partial charge is 0.398 e. The highest BCUT2D eigenvalue weighted by Gasteiger charge is 2.12. The molecule has 0 saturated carbocycles. The van der Waals surface area contributed by atoms with Gasteiger partial charge in [-0.25, -0.2) is 4.39 Å². The second kappa shape index (κ2) is 5.46. The quantitative estimate of drug-likeness (QED) is 0.725. The van der Waals surface area contributed by atoms with Crippen LogP contribution in [0.3, 0.4) is 0 Å². The summed E-state index contributed by atoms with van der Waals surface area (Å²) < 4.78 is 13.5. The number of primary amides is 1. The molecular weight excluding hydrogens is 209 g/mol. The Kier molecular flexibility index (Phi) is 4.25. The molecule has 0 unspecified atom stereocenters. The zero-order chi connectivity index (χ0) is 12.1. The van der Waals surface area contributed by atoms with Crippen LogP contribution in [0.25, 0.3) is 0 Å². The van der Waals surface area contributed by atoms with Gasteiger partial charge in [0.1, 0.15) is 5.82 Å². The van der Waals surface area contributed by atoms with E-state index in [1.807, 2.05) is 6.92 Å². The molecule has 1 aromatic carbocycles. The summed E-state index contributed by atoms with van der Waals surface area (Å²) in [6.07, 6.45) is 0. The van der Waals surface area contributed by atoms with Gasteiger partial charge in [0.15, 0.2) is 0 Å². The first-order valence-corrected chi connectivity index (χ1v) is 5.08. The van der Waals surface area contributed by atoms with E-state index in [4.69, 9.17) is 11.5 Å². The van der Waals surface area contributed by atoms with E-state index in [-0.39, 0.29) is 18.9 Å². The SMILES string of the molecule is CCN(CC(N)=O)Cc1c(N)cccc1F. The normalized spacial score (nSPS) is 10.7. The Labute approximate surface area is 94.0 Å². The molecule has 5 heteroatoms. The van der Waals surface area contributed by atoms with Gasteiger partial charge in [0.2, 0.25) is 5.91 Å². The van der Waals surface area contributed by atoms with Gasteiger partial charge in [-0.1, -0.05) is 13.0 Å². The van der Waals surface area contributed by atoms with Gasteiger partial charge in [0.05, 0.1) is 6.54 Å². The number of carbonyl (C=O) groups is 1. The Morgan fingerprint density at radius 1 is 1.50 bits per heavy atom. The molecule has 0 saturated heterocycles. The van der Waals surface area contributed by atoms with Crippen molar-refractivity contribution in [1.82, 2.24) is 4.90 Å². The van der Waals surface area contributed by atoms with Gasteiger partial charge in [-0.15, -0.1) is 0 Å². The van der Waals surface area contributed by atoms with Crippen LogP contribution in [0, 0.1) is 5.82 Å². The summed E-state index contributed by atoms with van der Waals surface area (Å²) in [5.74, 6) is -0.792. The van der Waals surface area contributed by atoms with Crippen LogP contribution in [0.5, 0.6) is 0 Å². The van der Waals surface area contributed by atoms with Crippen molar-refractivity contribution >= 4 is 11.6 Å². The third kappa shape index (κ3) is 3.20. The molecule has 0 spiro atoms. The highest BCUT2D eigenvalue weighted by molar-refractivity contribution is 5.75. The zero-order valence-corrected chi connectivity index (χ0v) is 9.24. The van der Waals surface area contributed by atoms with Crippen molar-refractivity contribution in [2.75, 3.05) is 18.8 Å². The molecule has 0 aliphatic heterocycles. The Morgan fingerprint density at radius 3 is 2.69 bits per heavy atom. The summed E-state index contributed by atoms with van der Waals surface area (Å²) in [4.78, 5) is 12.5. The molecule has 0 aliphatic rings. The number of amides is 1. The van der Waals surface area contributed by atoms with E-state index in [0.29, 0.717) is 17.8 Å². The summed E-state index contributed by atoms with van der Waals surface area (Å²) in [5.41, 5.74) is 11.6. The van der Waals surface area contributed by atoms with E-state index in [9.17, 15) is 9.18 Å². The van der Waals surface area contributed by atoms with Gasteiger partial charge in [-0.3, -0.25) is 9.69 Å². The van der Waals surface area contributed by atoms with Gasteiger partial charge in [0, 0.05) is 17.8 Å². The summed E-state index contributed by atoms with van der Waals surface area (Å²) in [6, 6.07) is 4.54. The Balaban J connectivity index is 2.81. The average Bonchev–Trinajstić information content (AvgIpc) is 2.21. The van der Waals surface area contributed by atoms with Gasteiger partial charge in [0.25, 0.3) is 0 Å². The minimum absolute atomic E-state index is 0.101. The fourth-order valence-corrected chi connectivity index (χ4v) is 1.47. The van der Waals surface area contributed by atoms with Crippen LogP contribution in [0.15, 0.2) is 18.2 Å². The number of nitrogen functional groups attached to an aromatic ring is 1. The molecule has 1 aromatic rings. The lowest BCUT2D eigenvalue weighted by Gasteiger charge is -2.19. The van der Waals surface area contributed by atoms with Crippen molar-refractivity contribution in [3.63, 3.8) is 0 Å². The number of nitrogens with zero attached hydrogens (tertiary/aromatic N) is 1. The predicted octanol–water partition coefficient (Wildman–Crippen LogP) is 0.715. The van der Waals surface area contributed by atoms with Crippen molar-refractivity contribution in [3.05, 3.63) is 29.6 Å². The van der Waals surface area contributed by atoms with Crippen molar-refractivity contribution in [1.29, 1.82) is 0 Å². The van der Waals surface area contributed by atoms with Crippen molar-refractivity contribution in [3.8, 4) is 0 Å². The Bertz CT molecular complexity index is 361.